The molecule has 0 N–H and O–H groups in total. The van der Waals surface area contributed by atoms with Crippen LogP contribution in [0.2, 0.25) is 0 Å². The minimum absolute atomic E-state index is 0.178. The molecule has 6 heteroatoms. The van der Waals surface area contributed by atoms with Crippen LogP contribution < -0.4 is 0 Å². The predicted molar refractivity (Wildman–Crippen MR) is 88.2 cm³/mol. The van der Waals surface area contributed by atoms with Crippen LogP contribution in [0, 0.1) is 20.8 Å². The molecule has 0 aromatic carbocycles. The molecule has 0 aliphatic carbocycles. The highest BCUT2D eigenvalue weighted by molar-refractivity contribution is 8.00. The van der Waals surface area contributed by atoms with Gasteiger partial charge in [-0.25, -0.2) is 9.97 Å². The lowest BCUT2D eigenvalue weighted by molar-refractivity contribution is -0.140. The molecule has 2 aromatic rings. The summed E-state index contributed by atoms with van der Waals surface area (Å²) < 4.78 is 5.18. The van der Waals surface area contributed by atoms with Gasteiger partial charge in [-0.2, -0.15) is 0 Å². The van der Waals surface area contributed by atoms with Gasteiger partial charge in [-0.05, 0) is 32.8 Å². The number of aryl methyl sites for hydroxylation is 3. The first-order valence-corrected chi connectivity index (χ1v) is 8.86. The van der Waals surface area contributed by atoms with Crippen LogP contribution in [0.25, 0.3) is 10.2 Å². The van der Waals surface area contributed by atoms with Crippen LogP contribution in [-0.2, 0) is 9.53 Å². The maximum absolute atomic E-state index is 11.7. The number of hydrogen-bond acceptors (Lipinski definition) is 6. The molecular formula is C15H20N2O2S2. The van der Waals surface area contributed by atoms with Gasteiger partial charge in [0.25, 0.3) is 0 Å². The summed E-state index contributed by atoms with van der Waals surface area (Å²) in [6.45, 7) is 8.63. The van der Waals surface area contributed by atoms with E-state index in [0.717, 1.165) is 33.9 Å². The second-order valence-corrected chi connectivity index (χ2v) is 7.07. The van der Waals surface area contributed by atoms with Crippen molar-refractivity contribution < 1.29 is 9.53 Å². The first-order valence-electron chi connectivity index (χ1n) is 7.05. The van der Waals surface area contributed by atoms with E-state index < -0.39 is 0 Å². The first kappa shape index (κ1) is 16.2. The number of ether oxygens (including phenoxy) is 1. The number of hydrogen-bond donors (Lipinski definition) is 0. The molecule has 0 amide bonds. The van der Waals surface area contributed by atoms with Gasteiger partial charge in [-0.1, -0.05) is 25.1 Å². The average molecular weight is 324 g/mol. The number of nitrogens with zero attached hydrogens (tertiary/aromatic N) is 2. The van der Waals surface area contributed by atoms with Crippen molar-refractivity contribution in [3.8, 4) is 0 Å². The van der Waals surface area contributed by atoms with Crippen molar-refractivity contribution in [2.24, 2.45) is 0 Å². The second-order valence-electron chi connectivity index (χ2n) is 4.90. The molecule has 21 heavy (non-hydrogen) atoms. The minimum atomic E-state index is -0.178. The van der Waals surface area contributed by atoms with Crippen LogP contribution in [0.15, 0.2) is 5.03 Å². The topological polar surface area (TPSA) is 52.1 Å². The lowest BCUT2D eigenvalue weighted by Gasteiger charge is -2.06. The number of thiophene rings is 1. The average Bonchev–Trinajstić information content (AvgIpc) is 2.71. The molecule has 0 saturated heterocycles. The lowest BCUT2D eigenvalue weighted by atomic mass is 10.2. The van der Waals surface area contributed by atoms with Gasteiger partial charge in [0, 0.05) is 10.3 Å². The van der Waals surface area contributed by atoms with Gasteiger partial charge in [0.2, 0.25) is 0 Å². The number of thioether (sulfide) groups is 1. The third-order valence-corrected chi connectivity index (χ3v) is 5.24. The summed E-state index contributed by atoms with van der Waals surface area (Å²) in [5.41, 5.74) is 1.21. The Balaban J connectivity index is 2.13. The van der Waals surface area contributed by atoms with Crippen molar-refractivity contribution in [2.45, 2.75) is 45.6 Å². The maximum atomic E-state index is 11.7. The molecule has 4 nitrogen and oxygen atoms in total. The monoisotopic (exact) mass is 324 g/mol. The molecule has 2 rings (SSSR count). The summed E-state index contributed by atoms with van der Waals surface area (Å²) in [7, 11) is 0. The fraction of sp³-hybridized carbons (Fsp3) is 0.533. The number of rotatable bonds is 6. The lowest BCUT2D eigenvalue weighted by Crippen LogP contribution is -2.08. The Bertz CT molecular complexity index is 653. The SMILES string of the molecule is CCCCOC(=O)CSc1nc(C)nc2sc(C)c(C)c12. The number of carbonyl (C=O) groups excluding carboxylic acids is 1. The minimum Gasteiger partial charge on any atom is -0.465 e. The van der Waals surface area contributed by atoms with E-state index in [2.05, 4.69) is 30.7 Å². The first-order chi connectivity index (χ1) is 10.0. The van der Waals surface area contributed by atoms with E-state index in [4.69, 9.17) is 4.74 Å². The quantitative estimate of drug-likeness (QED) is 0.347. The number of carbonyl (C=O) groups is 1. The Morgan fingerprint density at radius 1 is 1.29 bits per heavy atom. The standard InChI is InChI=1S/C15H20N2O2S2/c1-5-6-7-19-12(18)8-20-14-13-9(2)10(3)21-15(13)17-11(4)16-14/h5-8H2,1-4H3. The summed E-state index contributed by atoms with van der Waals surface area (Å²) >= 11 is 3.12. The number of aromatic nitrogens is 2. The normalized spacial score (nSPS) is 11.0. The summed E-state index contributed by atoms with van der Waals surface area (Å²) in [6, 6.07) is 0. The molecule has 0 unspecified atom stereocenters. The number of unbranched alkanes of at least 4 members (excludes halogenated alkanes) is 1. The Labute approximate surface area is 133 Å². The largest absolute Gasteiger partial charge is 0.465 e. The van der Waals surface area contributed by atoms with E-state index in [1.165, 1.54) is 22.2 Å². The molecule has 0 spiro atoms. The Hall–Kier alpha value is -1.14. The molecule has 0 aliphatic heterocycles. The number of fused-ring (bicyclic) bond motifs is 1. The van der Waals surface area contributed by atoms with Crippen molar-refractivity contribution in [2.75, 3.05) is 12.4 Å². The van der Waals surface area contributed by atoms with Crippen LogP contribution in [0.5, 0.6) is 0 Å². The highest BCUT2D eigenvalue weighted by Crippen LogP contribution is 2.35. The fourth-order valence-corrected chi connectivity index (χ4v) is 3.99. The van der Waals surface area contributed by atoms with Crippen LogP contribution in [-0.4, -0.2) is 28.3 Å². The summed E-state index contributed by atoms with van der Waals surface area (Å²) in [5, 5.41) is 1.96. The van der Waals surface area contributed by atoms with Gasteiger partial charge in [0.15, 0.2) is 0 Å². The highest BCUT2D eigenvalue weighted by Gasteiger charge is 2.15. The van der Waals surface area contributed by atoms with E-state index in [1.807, 2.05) is 6.92 Å². The Kier molecular flexibility index (Phi) is 5.58. The zero-order valence-corrected chi connectivity index (χ0v) is 14.5. The zero-order chi connectivity index (χ0) is 15.4. The van der Waals surface area contributed by atoms with Crippen LogP contribution in [0.4, 0.5) is 0 Å². The summed E-state index contributed by atoms with van der Waals surface area (Å²) in [5.74, 6) is 0.858. The summed E-state index contributed by atoms with van der Waals surface area (Å²) in [6.07, 6.45) is 1.94. The zero-order valence-electron chi connectivity index (χ0n) is 12.9. The third-order valence-electron chi connectivity index (χ3n) is 3.19. The van der Waals surface area contributed by atoms with Crippen LogP contribution in [0.3, 0.4) is 0 Å². The Morgan fingerprint density at radius 2 is 2.05 bits per heavy atom. The third kappa shape index (κ3) is 3.95. The highest BCUT2D eigenvalue weighted by atomic mass is 32.2. The summed E-state index contributed by atoms with van der Waals surface area (Å²) in [4.78, 5) is 22.9. The van der Waals surface area contributed by atoms with E-state index in [-0.39, 0.29) is 5.97 Å². The second kappa shape index (κ2) is 7.22. The molecule has 0 atom stereocenters. The molecular weight excluding hydrogens is 304 g/mol. The smallest absolute Gasteiger partial charge is 0.316 e. The maximum Gasteiger partial charge on any atom is 0.316 e. The number of esters is 1. The van der Waals surface area contributed by atoms with Crippen molar-refractivity contribution in [1.29, 1.82) is 0 Å². The van der Waals surface area contributed by atoms with Crippen LogP contribution >= 0.6 is 23.1 Å². The van der Waals surface area contributed by atoms with Gasteiger partial charge >= 0.3 is 5.97 Å². The fourth-order valence-electron chi connectivity index (χ4n) is 1.92. The van der Waals surface area contributed by atoms with Crippen molar-refractivity contribution >= 4 is 39.3 Å². The van der Waals surface area contributed by atoms with E-state index in [9.17, 15) is 4.79 Å². The van der Waals surface area contributed by atoms with Gasteiger partial charge in [0.1, 0.15) is 15.7 Å². The van der Waals surface area contributed by atoms with Gasteiger partial charge in [-0.15, -0.1) is 11.3 Å². The molecule has 0 aliphatic rings. The van der Waals surface area contributed by atoms with Gasteiger partial charge < -0.3 is 4.74 Å². The van der Waals surface area contributed by atoms with E-state index in [0.29, 0.717) is 12.4 Å². The van der Waals surface area contributed by atoms with Gasteiger partial charge in [-0.3, -0.25) is 4.79 Å². The predicted octanol–water partition coefficient (Wildman–Crippen LogP) is 4.05. The van der Waals surface area contributed by atoms with Crippen LogP contribution in [0.1, 0.15) is 36.0 Å². The molecule has 0 radical (unpaired) electrons. The van der Waals surface area contributed by atoms with Crippen molar-refractivity contribution in [1.82, 2.24) is 9.97 Å². The van der Waals surface area contributed by atoms with Gasteiger partial charge in [0.05, 0.1) is 12.4 Å². The van der Waals surface area contributed by atoms with E-state index >= 15 is 0 Å². The molecule has 114 valence electrons. The molecule has 2 aromatic heterocycles. The molecule has 0 bridgehead atoms. The molecule has 0 fully saturated rings. The Morgan fingerprint density at radius 3 is 2.76 bits per heavy atom. The van der Waals surface area contributed by atoms with Crippen molar-refractivity contribution in [3.63, 3.8) is 0 Å². The van der Waals surface area contributed by atoms with E-state index in [1.54, 1.807) is 11.3 Å². The molecule has 0 saturated carbocycles. The van der Waals surface area contributed by atoms with Crippen molar-refractivity contribution in [3.05, 3.63) is 16.3 Å². The molecule has 2 heterocycles.